The molecule has 4 aromatic carbocycles. The second kappa shape index (κ2) is 9.72. The molecule has 0 unspecified atom stereocenters. The Morgan fingerprint density at radius 1 is 0.421 bits per heavy atom. The first-order chi connectivity index (χ1) is 18.5. The first kappa shape index (κ1) is 23.8. The zero-order chi connectivity index (χ0) is 26.2. The van der Waals surface area contributed by atoms with E-state index in [9.17, 15) is 0 Å². The fourth-order valence-corrected chi connectivity index (χ4v) is 5.81. The van der Waals surface area contributed by atoms with Crippen molar-refractivity contribution < 1.29 is 0 Å². The molecular weight excluding hydrogens is 460 g/mol. The summed E-state index contributed by atoms with van der Waals surface area (Å²) in [6, 6.07) is 30.8. The Morgan fingerprint density at radius 2 is 0.816 bits per heavy atom. The van der Waals surface area contributed by atoms with Crippen molar-refractivity contribution in [3.8, 4) is 44.5 Å². The van der Waals surface area contributed by atoms with E-state index in [4.69, 9.17) is 0 Å². The summed E-state index contributed by atoms with van der Waals surface area (Å²) in [4.78, 5) is 8.97. The molecule has 0 saturated heterocycles. The van der Waals surface area contributed by atoms with Crippen LogP contribution in [0.15, 0.2) is 110 Å². The lowest BCUT2D eigenvalue weighted by molar-refractivity contribution is 1.33. The molecule has 0 aliphatic heterocycles. The van der Waals surface area contributed by atoms with Crippen molar-refractivity contribution in [1.82, 2.24) is 9.97 Å². The van der Waals surface area contributed by atoms with E-state index in [0.717, 1.165) is 11.1 Å². The summed E-state index contributed by atoms with van der Waals surface area (Å²) in [5.74, 6) is 0. The molecular formula is C36H30N2. The van der Waals surface area contributed by atoms with Crippen molar-refractivity contribution in [3.63, 3.8) is 0 Å². The van der Waals surface area contributed by atoms with E-state index in [2.05, 4.69) is 110 Å². The third kappa shape index (κ3) is 4.18. The van der Waals surface area contributed by atoms with Gasteiger partial charge in [-0.1, -0.05) is 48.5 Å². The van der Waals surface area contributed by atoms with Crippen LogP contribution in [0.2, 0.25) is 0 Å². The largest absolute Gasteiger partial charge is 0.264 e. The molecule has 0 fully saturated rings. The standard InChI is InChI=1S/C36H30N2/c1-23-9-5-10-24(2)35(23)29-17-31(27-13-7-15-37-21-27)34-20-30(36-25(3)11-6-12-26(36)4)18-32(33(34)19-29)28-14-8-16-38-22-28/h5-22H,1-4H3. The van der Waals surface area contributed by atoms with E-state index >= 15 is 0 Å². The fraction of sp³-hybridized carbons (Fsp3) is 0.111. The van der Waals surface area contributed by atoms with Crippen molar-refractivity contribution in [2.75, 3.05) is 0 Å². The molecule has 6 aromatic rings. The molecule has 0 spiro atoms. The molecule has 2 heteroatoms. The SMILES string of the molecule is Cc1cccc(C)c1-c1cc(-c2cccnc2)c2cc(-c3c(C)cccc3C)cc(-c3cccnc3)c2c1. The van der Waals surface area contributed by atoms with Crippen LogP contribution in [0.1, 0.15) is 22.3 Å². The van der Waals surface area contributed by atoms with Gasteiger partial charge >= 0.3 is 0 Å². The number of nitrogens with zero attached hydrogens (tertiary/aromatic N) is 2. The zero-order valence-corrected chi connectivity index (χ0v) is 22.3. The summed E-state index contributed by atoms with van der Waals surface area (Å²) in [6.45, 7) is 8.79. The molecule has 2 aromatic heterocycles. The molecule has 0 bridgehead atoms. The number of fused-ring (bicyclic) bond motifs is 1. The van der Waals surface area contributed by atoms with Crippen molar-refractivity contribution >= 4 is 10.8 Å². The van der Waals surface area contributed by atoms with Crippen LogP contribution in [-0.4, -0.2) is 9.97 Å². The Bertz CT molecular complexity index is 1610. The van der Waals surface area contributed by atoms with Gasteiger partial charge in [0.1, 0.15) is 0 Å². The number of pyridine rings is 2. The van der Waals surface area contributed by atoms with Gasteiger partial charge < -0.3 is 0 Å². The molecule has 0 aliphatic rings. The third-order valence-corrected chi connectivity index (χ3v) is 7.55. The van der Waals surface area contributed by atoms with Gasteiger partial charge in [-0.25, -0.2) is 0 Å². The van der Waals surface area contributed by atoms with Gasteiger partial charge in [-0.3, -0.25) is 9.97 Å². The van der Waals surface area contributed by atoms with Crippen molar-refractivity contribution in [3.05, 3.63) is 132 Å². The molecule has 0 saturated carbocycles. The summed E-state index contributed by atoms with van der Waals surface area (Å²) in [7, 11) is 0. The minimum absolute atomic E-state index is 1.11. The molecule has 184 valence electrons. The monoisotopic (exact) mass is 490 g/mol. The van der Waals surface area contributed by atoms with Crippen LogP contribution in [-0.2, 0) is 0 Å². The smallest absolute Gasteiger partial charge is 0.0346 e. The second-order valence-electron chi connectivity index (χ2n) is 10.2. The summed E-state index contributed by atoms with van der Waals surface area (Å²) in [5, 5.41) is 2.43. The topological polar surface area (TPSA) is 25.8 Å². The van der Waals surface area contributed by atoms with E-state index < -0.39 is 0 Å². The lowest BCUT2D eigenvalue weighted by Crippen LogP contribution is -1.95. The quantitative estimate of drug-likeness (QED) is 0.246. The average Bonchev–Trinajstić information content (AvgIpc) is 2.93. The first-order valence-corrected chi connectivity index (χ1v) is 13.1. The molecule has 0 radical (unpaired) electrons. The Kier molecular flexibility index (Phi) is 6.09. The van der Waals surface area contributed by atoms with Crippen LogP contribution in [0.3, 0.4) is 0 Å². The van der Waals surface area contributed by atoms with Crippen LogP contribution in [0.5, 0.6) is 0 Å². The Hall–Kier alpha value is -4.56. The van der Waals surface area contributed by atoms with Gasteiger partial charge in [0.25, 0.3) is 0 Å². The van der Waals surface area contributed by atoms with Crippen LogP contribution >= 0.6 is 0 Å². The summed E-state index contributed by atoms with van der Waals surface area (Å²) in [6.07, 6.45) is 7.62. The minimum atomic E-state index is 1.11. The number of hydrogen-bond donors (Lipinski definition) is 0. The zero-order valence-electron chi connectivity index (χ0n) is 22.3. The van der Waals surface area contributed by atoms with Crippen LogP contribution in [0.25, 0.3) is 55.3 Å². The van der Waals surface area contributed by atoms with Crippen LogP contribution in [0.4, 0.5) is 0 Å². The number of benzene rings is 4. The second-order valence-corrected chi connectivity index (χ2v) is 10.2. The highest BCUT2D eigenvalue weighted by atomic mass is 14.6. The average molecular weight is 491 g/mol. The molecule has 2 nitrogen and oxygen atoms in total. The Balaban J connectivity index is 1.78. The van der Waals surface area contributed by atoms with Crippen LogP contribution in [0, 0.1) is 27.7 Å². The van der Waals surface area contributed by atoms with Crippen LogP contribution < -0.4 is 0 Å². The normalized spacial score (nSPS) is 11.2. The minimum Gasteiger partial charge on any atom is -0.264 e. The fourth-order valence-electron chi connectivity index (χ4n) is 5.81. The molecule has 38 heavy (non-hydrogen) atoms. The lowest BCUT2D eigenvalue weighted by atomic mass is 9.85. The summed E-state index contributed by atoms with van der Waals surface area (Å²) >= 11 is 0. The molecule has 0 N–H and O–H groups in total. The van der Waals surface area contributed by atoms with Crippen molar-refractivity contribution in [2.45, 2.75) is 27.7 Å². The van der Waals surface area contributed by atoms with E-state index in [1.807, 2.05) is 36.9 Å². The molecule has 0 aliphatic carbocycles. The summed E-state index contributed by atoms with van der Waals surface area (Å²) in [5.41, 5.74) is 14.7. The number of hydrogen-bond acceptors (Lipinski definition) is 2. The number of aryl methyl sites for hydroxylation is 4. The third-order valence-electron chi connectivity index (χ3n) is 7.55. The number of aromatic nitrogens is 2. The Morgan fingerprint density at radius 3 is 1.16 bits per heavy atom. The highest BCUT2D eigenvalue weighted by Crippen LogP contribution is 2.43. The maximum absolute atomic E-state index is 4.48. The lowest BCUT2D eigenvalue weighted by Gasteiger charge is -2.19. The molecule has 6 rings (SSSR count). The van der Waals surface area contributed by atoms with Gasteiger partial charge in [0.2, 0.25) is 0 Å². The van der Waals surface area contributed by atoms with E-state index in [0.29, 0.717) is 0 Å². The highest BCUT2D eigenvalue weighted by Gasteiger charge is 2.17. The first-order valence-electron chi connectivity index (χ1n) is 13.1. The van der Waals surface area contributed by atoms with Gasteiger partial charge in [0.05, 0.1) is 0 Å². The van der Waals surface area contributed by atoms with Crippen molar-refractivity contribution in [1.29, 1.82) is 0 Å². The maximum atomic E-state index is 4.48. The number of rotatable bonds is 4. The van der Waals surface area contributed by atoms with E-state index in [1.165, 1.54) is 66.4 Å². The predicted octanol–water partition coefficient (Wildman–Crippen LogP) is 9.53. The van der Waals surface area contributed by atoms with Gasteiger partial charge in [-0.05, 0) is 131 Å². The summed E-state index contributed by atoms with van der Waals surface area (Å²) < 4.78 is 0. The molecule has 0 atom stereocenters. The van der Waals surface area contributed by atoms with Crippen molar-refractivity contribution in [2.24, 2.45) is 0 Å². The predicted molar refractivity (Wildman–Crippen MR) is 160 cm³/mol. The maximum Gasteiger partial charge on any atom is 0.0346 e. The van der Waals surface area contributed by atoms with Gasteiger partial charge in [0, 0.05) is 35.9 Å². The highest BCUT2D eigenvalue weighted by molar-refractivity contribution is 6.09. The Labute approximate surface area is 224 Å². The molecule has 2 heterocycles. The van der Waals surface area contributed by atoms with Gasteiger partial charge in [-0.15, -0.1) is 0 Å². The van der Waals surface area contributed by atoms with E-state index in [-0.39, 0.29) is 0 Å². The van der Waals surface area contributed by atoms with Gasteiger partial charge in [0.15, 0.2) is 0 Å². The van der Waals surface area contributed by atoms with Gasteiger partial charge in [-0.2, -0.15) is 0 Å². The molecule has 0 amide bonds. The van der Waals surface area contributed by atoms with E-state index in [1.54, 1.807) is 0 Å².